The van der Waals surface area contributed by atoms with E-state index in [0.29, 0.717) is 12.2 Å². The number of nitrogens with one attached hydrogen (secondary N) is 1. The second-order valence-corrected chi connectivity index (χ2v) is 3.63. The van der Waals surface area contributed by atoms with Crippen molar-refractivity contribution >= 4 is 5.97 Å². The van der Waals surface area contributed by atoms with E-state index in [1.807, 2.05) is 0 Å². The van der Waals surface area contributed by atoms with Gasteiger partial charge in [0.2, 0.25) is 0 Å². The van der Waals surface area contributed by atoms with Crippen molar-refractivity contribution in [2.24, 2.45) is 0 Å². The van der Waals surface area contributed by atoms with Gasteiger partial charge < -0.3 is 10.1 Å². The molecular weight excluding hydrogens is 228 g/mol. The van der Waals surface area contributed by atoms with E-state index in [1.54, 1.807) is 13.8 Å². The lowest BCUT2D eigenvalue weighted by atomic mass is 10.2. The van der Waals surface area contributed by atoms with Gasteiger partial charge in [-0.1, -0.05) is 0 Å². The number of ether oxygens (including phenoxy) is 1. The normalized spacial score (nSPS) is 12.2. The first-order valence-corrected chi connectivity index (χ1v) is 5.38. The van der Waals surface area contributed by atoms with Crippen LogP contribution in [0.1, 0.15) is 19.4 Å². The molecular formula is C12H15F2NO2. The average Bonchev–Trinajstić information content (AvgIpc) is 2.25. The van der Waals surface area contributed by atoms with Crippen LogP contribution in [0, 0.1) is 11.6 Å². The molecule has 1 aromatic rings. The van der Waals surface area contributed by atoms with Gasteiger partial charge in [0.1, 0.15) is 17.7 Å². The highest BCUT2D eigenvalue weighted by molar-refractivity contribution is 5.75. The van der Waals surface area contributed by atoms with Crippen LogP contribution in [0.15, 0.2) is 18.2 Å². The molecule has 94 valence electrons. The molecule has 0 fully saturated rings. The maximum atomic E-state index is 12.9. The molecule has 0 amide bonds. The summed E-state index contributed by atoms with van der Waals surface area (Å²) in [6.45, 7) is 3.86. The molecule has 0 bridgehead atoms. The number of benzene rings is 1. The summed E-state index contributed by atoms with van der Waals surface area (Å²) in [6.07, 6.45) is 0. The Labute approximate surface area is 98.8 Å². The van der Waals surface area contributed by atoms with Crippen molar-refractivity contribution in [1.82, 2.24) is 5.32 Å². The van der Waals surface area contributed by atoms with Crippen molar-refractivity contribution < 1.29 is 18.3 Å². The van der Waals surface area contributed by atoms with Crippen molar-refractivity contribution in [3.05, 3.63) is 35.4 Å². The van der Waals surface area contributed by atoms with Crippen LogP contribution >= 0.6 is 0 Å². The first kappa shape index (κ1) is 13.6. The summed E-state index contributed by atoms with van der Waals surface area (Å²) in [5.41, 5.74) is 0.443. The minimum atomic E-state index is -0.634. The van der Waals surface area contributed by atoms with Crippen molar-refractivity contribution in [1.29, 1.82) is 0 Å². The summed E-state index contributed by atoms with van der Waals surface area (Å²) in [4.78, 5) is 11.3. The van der Waals surface area contributed by atoms with Gasteiger partial charge in [0, 0.05) is 12.6 Å². The molecule has 0 radical (unpaired) electrons. The third kappa shape index (κ3) is 4.48. The third-order valence-electron chi connectivity index (χ3n) is 2.17. The molecule has 1 aromatic carbocycles. The van der Waals surface area contributed by atoms with Crippen LogP contribution in [0.4, 0.5) is 8.78 Å². The quantitative estimate of drug-likeness (QED) is 0.804. The van der Waals surface area contributed by atoms with E-state index in [-0.39, 0.29) is 12.5 Å². The lowest BCUT2D eigenvalue weighted by Gasteiger charge is -2.12. The second-order valence-electron chi connectivity index (χ2n) is 3.63. The standard InChI is InChI=1S/C12H15F2NO2/c1-3-17-12(16)8(2)15-7-9-4-10(13)6-11(14)5-9/h4-6,8,15H,3,7H2,1-2H3. The lowest BCUT2D eigenvalue weighted by Crippen LogP contribution is -2.34. The van der Waals surface area contributed by atoms with Crippen LogP contribution in [0.25, 0.3) is 0 Å². The number of hydrogen-bond donors (Lipinski definition) is 1. The van der Waals surface area contributed by atoms with Gasteiger partial charge in [-0.3, -0.25) is 4.79 Å². The summed E-state index contributed by atoms with van der Waals surface area (Å²) in [7, 11) is 0. The molecule has 0 spiro atoms. The van der Waals surface area contributed by atoms with E-state index in [4.69, 9.17) is 4.74 Å². The van der Waals surface area contributed by atoms with E-state index >= 15 is 0 Å². The molecule has 0 aliphatic heterocycles. The molecule has 0 heterocycles. The predicted molar refractivity (Wildman–Crippen MR) is 59.3 cm³/mol. The molecule has 0 aliphatic rings. The number of rotatable bonds is 5. The van der Waals surface area contributed by atoms with E-state index in [1.165, 1.54) is 12.1 Å². The van der Waals surface area contributed by atoms with Gasteiger partial charge in [-0.25, -0.2) is 8.78 Å². The highest BCUT2D eigenvalue weighted by Crippen LogP contribution is 2.07. The van der Waals surface area contributed by atoms with Crippen LogP contribution in [-0.4, -0.2) is 18.6 Å². The fraction of sp³-hybridized carbons (Fsp3) is 0.417. The highest BCUT2D eigenvalue weighted by Gasteiger charge is 2.13. The predicted octanol–water partition coefficient (Wildman–Crippen LogP) is 2.01. The lowest BCUT2D eigenvalue weighted by molar-refractivity contribution is -0.145. The van der Waals surface area contributed by atoms with Gasteiger partial charge in [0.25, 0.3) is 0 Å². The fourth-order valence-electron chi connectivity index (χ4n) is 1.33. The summed E-state index contributed by atoms with van der Waals surface area (Å²) in [5.74, 6) is -1.65. The zero-order valence-electron chi connectivity index (χ0n) is 9.80. The molecule has 0 aromatic heterocycles. The maximum absolute atomic E-state index is 12.9. The molecule has 0 saturated carbocycles. The molecule has 1 unspecified atom stereocenters. The first-order chi connectivity index (χ1) is 8.02. The summed E-state index contributed by atoms with van der Waals surface area (Å²) in [6, 6.07) is 2.72. The topological polar surface area (TPSA) is 38.3 Å². The van der Waals surface area contributed by atoms with Gasteiger partial charge >= 0.3 is 5.97 Å². The molecule has 1 atom stereocenters. The smallest absolute Gasteiger partial charge is 0.322 e. The Morgan fingerprint density at radius 1 is 1.35 bits per heavy atom. The summed E-state index contributed by atoms with van der Waals surface area (Å²) >= 11 is 0. The fourth-order valence-corrected chi connectivity index (χ4v) is 1.33. The average molecular weight is 243 g/mol. The molecule has 1 N–H and O–H groups in total. The molecule has 0 aliphatic carbocycles. The number of carbonyl (C=O) groups excluding carboxylic acids is 1. The van der Waals surface area contributed by atoms with Gasteiger partial charge in [0.15, 0.2) is 0 Å². The Morgan fingerprint density at radius 3 is 2.47 bits per heavy atom. The zero-order chi connectivity index (χ0) is 12.8. The Bertz CT molecular complexity index is 376. The highest BCUT2D eigenvalue weighted by atomic mass is 19.1. The number of carbonyl (C=O) groups is 1. The van der Waals surface area contributed by atoms with Crippen LogP contribution in [-0.2, 0) is 16.1 Å². The van der Waals surface area contributed by atoms with Crippen LogP contribution in [0.5, 0.6) is 0 Å². The van der Waals surface area contributed by atoms with E-state index in [0.717, 1.165) is 6.07 Å². The summed E-state index contributed by atoms with van der Waals surface area (Å²) < 4.78 is 30.5. The van der Waals surface area contributed by atoms with Crippen molar-refractivity contribution in [3.63, 3.8) is 0 Å². The Balaban J connectivity index is 2.52. The molecule has 17 heavy (non-hydrogen) atoms. The zero-order valence-corrected chi connectivity index (χ0v) is 9.80. The van der Waals surface area contributed by atoms with Gasteiger partial charge in [0.05, 0.1) is 6.61 Å². The Hall–Kier alpha value is -1.49. The van der Waals surface area contributed by atoms with E-state index in [2.05, 4.69) is 5.32 Å². The van der Waals surface area contributed by atoms with Crippen LogP contribution in [0.3, 0.4) is 0 Å². The monoisotopic (exact) mass is 243 g/mol. The van der Waals surface area contributed by atoms with Crippen molar-refractivity contribution in [2.75, 3.05) is 6.61 Å². The largest absolute Gasteiger partial charge is 0.465 e. The minimum Gasteiger partial charge on any atom is -0.465 e. The summed E-state index contributed by atoms with van der Waals surface area (Å²) in [5, 5.41) is 2.83. The first-order valence-electron chi connectivity index (χ1n) is 5.38. The number of hydrogen-bond acceptors (Lipinski definition) is 3. The third-order valence-corrected chi connectivity index (χ3v) is 2.17. The van der Waals surface area contributed by atoms with Crippen molar-refractivity contribution in [2.45, 2.75) is 26.4 Å². The molecule has 5 heteroatoms. The minimum absolute atomic E-state index is 0.203. The van der Waals surface area contributed by atoms with Gasteiger partial charge in [-0.2, -0.15) is 0 Å². The Kier molecular flexibility index (Phi) is 5.03. The van der Waals surface area contributed by atoms with Crippen molar-refractivity contribution in [3.8, 4) is 0 Å². The van der Waals surface area contributed by atoms with Crippen LogP contribution < -0.4 is 5.32 Å². The van der Waals surface area contributed by atoms with E-state index in [9.17, 15) is 13.6 Å². The van der Waals surface area contributed by atoms with Gasteiger partial charge in [-0.15, -0.1) is 0 Å². The number of esters is 1. The van der Waals surface area contributed by atoms with E-state index < -0.39 is 17.7 Å². The number of halogens is 2. The van der Waals surface area contributed by atoms with Gasteiger partial charge in [-0.05, 0) is 31.5 Å². The Morgan fingerprint density at radius 2 is 1.94 bits per heavy atom. The SMILES string of the molecule is CCOC(=O)C(C)NCc1cc(F)cc(F)c1. The molecule has 0 saturated heterocycles. The molecule has 3 nitrogen and oxygen atoms in total. The maximum Gasteiger partial charge on any atom is 0.322 e. The van der Waals surface area contributed by atoms with Crippen LogP contribution in [0.2, 0.25) is 0 Å². The second kappa shape index (κ2) is 6.30. The molecule has 1 rings (SSSR count).